The van der Waals surface area contributed by atoms with Gasteiger partial charge in [-0.25, -0.2) is 0 Å². The molecule has 2 unspecified atom stereocenters. The summed E-state index contributed by atoms with van der Waals surface area (Å²) in [4.78, 5) is 11.8. The van der Waals surface area contributed by atoms with E-state index in [4.69, 9.17) is 10.5 Å². The number of nitrogens with one attached hydrogen (secondary N) is 1. The number of carbonyl (C=O) groups is 1. The normalized spacial score (nSPS) is 13.8. The van der Waals surface area contributed by atoms with Gasteiger partial charge in [-0.15, -0.1) is 0 Å². The Kier molecular flexibility index (Phi) is 7.04. The molecule has 1 aromatic carbocycles. The zero-order valence-electron chi connectivity index (χ0n) is 12.0. The second-order valence-electron chi connectivity index (χ2n) is 4.54. The Hall–Kier alpha value is -1.73. The van der Waals surface area contributed by atoms with Crippen molar-refractivity contribution in [3.05, 3.63) is 29.8 Å². The Morgan fingerprint density at radius 1 is 1.43 bits per heavy atom. The summed E-state index contributed by atoms with van der Waals surface area (Å²) < 4.78 is 33.7. The fraction of sp³-hybridized carbons (Fsp3) is 0.500. The van der Waals surface area contributed by atoms with Crippen LogP contribution in [-0.4, -0.2) is 32.3 Å². The molecule has 0 aliphatic rings. The van der Waals surface area contributed by atoms with E-state index in [1.165, 1.54) is 19.2 Å². The van der Waals surface area contributed by atoms with E-state index in [0.717, 1.165) is 0 Å². The first kappa shape index (κ1) is 17.3. The standard InChI is InChI=1S/C14H20F2N2O3/c1-9(18-13(19)7-12(8-17)20-2)10-4-3-5-11(6-10)21-14(15)16/h3-6,9,12,14H,7-8,17H2,1-2H3,(H,18,19). The predicted octanol–water partition coefficient (Wildman–Crippen LogP) is 1.83. The number of benzene rings is 1. The molecule has 0 radical (unpaired) electrons. The molecule has 0 bridgehead atoms. The first-order valence-electron chi connectivity index (χ1n) is 6.53. The number of alkyl halides is 2. The molecule has 1 aromatic rings. The molecule has 118 valence electrons. The average molecular weight is 302 g/mol. The Bertz CT molecular complexity index is 454. The monoisotopic (exact) mass is 302 g/mol. The van der Waals surface area contributed by atoms with Gasteiger partial charge in [0.1, 0.15) is 5.75 Å². The molecule has 0 spiro atoms. The van der Waals surface area contributed by atoms with E-state index in [-0.39, 0.29) is 36.8 Å². The van der Waals surface area contributed by atoms with Crippen molar-refractivity contribution in [1.82, 2.24) is 5.32 Å². The van der Waals surface area contributed by atoms with E-state index in [1.54, 1.807) is 19.1 Å². The second-order valence-corrected chi connectivity index (χ2v) is 4.54. The van der Waals surface area contributed by atoms with Gasteiger partial charge in [-0.1, -0.05) is 12.1 Å². The molecular formula is C14H20F2N2O3. The third-order valence-corrected chi connectivity index (χ3v) is 2.97. The van der Waals surface area contributed by atoms with E-state index >= 15 is 0 Å². The van der Waals surface area contributed by atoms with E-state index in [9.17, 15) is 13.6 Å². The van der Waals surface area contributed by atoms with Gasteiger partial charge in [-0.2, -0.15) is 8.78 Å². The molecule has 5 nitrogen and oxygen atoms in total. The summed E-state index contributed by atoms with van der Waals surface area (Å²) in [6, 6.07) is 5.87. The van der Waals surface area contributed by atoms with Gasteiger partial charge in [0.25, 0.3) is 0 Å². The molecule has 2 atom stereocenters. The topological polar surface area (TPSA) is 73.6 Å². The van der Waals surface area contributed by atoms with Crippen molar-refractivity contribution in [2.75, 3.05) is 13.7 Å². The van der Waals surface area contributed by atoms with E-state index in [0.29, 0.717) is 5.56 Å². The van der Waals surface area contributed by atoms with Crippen LogP contribution in [0.5, 0.6) is 5.75 Å². The van der Waals surface area contributed by atoms with Gasteiger partial charge in [-0.3, -0.25) is 4.79 Å². The molecule has 1 amide bonds. The van der Waals surface area contributed by atoms with Crippen LogP contribution >= 0.6 is 0 Å². The van der Waals surface area contributed by atoms with Crippen LogP contribution in [0.3, 0.4) is 0 Å². The molecule has 21 heavy (non-hydrogen) atoms. The van der Waals surface area contributed by atoms with Gasteiger partial charge in [0, 0.05) is 13.7 Å². The smallest absolute Gasteiger partial charge is 0.387 e. The van der Waals surface area contributed by atoms with E-state index in [2.05, 4.69) is 10.1 Å². The van der Waals surface area contributed by atoms with Crippen molar-refractivity contribution in [2.45, 2.75) is 32.1 Å². The van der Waals surface area contributed by atoms with Crippen LogP contribution in [0.2, 0.25) is 0 Å². The minimum Gasteiger partial charge on any atom is -0.435 e. The molecule has 0 aliphatic heterocycles. The number of halogens is 2. The molecule has 7 heteroatoms. The van der Waals surface area contributed by atoms with Gasteiger partial charge in [0.15, 0.2) is 0 Å². The lowest BCUT2D eigenvalue weighted by molar-refractivity contribution is -0.124. The first-order chi connectivity index (χ1) is 9.96. The van der Waals surface area contributed by atoms with Gasteiger partial charge in [-0.05, 0) is 24.6 Å². The highest BCUT2D eigenvalue weighted by Crippen LogP contribution is 2.20. The summed E-state index contributed by atoms with van der Waals surface area (Å²) in [5, 5.41) is 2.76. The third kappa shape index (κ3) is 6.05. The molecular weight excluding hydrogens is 282 g/mol. The largest absolute Gasteiger partial charge is 0.435 e. The summed E-state index contributed by atoms with van der Waals surface area (Å²) in [5.74, 6) is -0.166. The summed E-state index contributed by atoms with van der Waals surface area (Å²) >= 11 is 0. The van der Waals surface area contributed by atoms with Gasteiger partial charge < -0.3 is 20.5 Å². The van der Waals surface area contributed by atoms with Gasteiger partial charge in [0.05, 0.1) is 18.6 Å². The molecule has 3 N–H and O–H groups in total. The maximum absolute atomic E-state index is 12.2. The van der Waals surface area contributed by atoms with E-state index in [1.807, 2.05) is 0 Å². The zero-order chi connectivity index (χ0) is 15.8. The Morgan fingerprint density at radius 2 is 2.14 bits per heavy atom. The zero-order valence-corrected chi connectivity index (χ0v) is 12.0. The number of amides is 1. The maximum atomic E-state index is 12.2. The average Bonchev–Trinajstić information content (AvgIpc) is 2.44. The third-order valence-electron chi connectivity index (χ3n) is 2.97. The minimum atomic E-state index is -2.88. The quantitative estimate of drug-likeness (QED) is 0.768. The number of rotatable bonds is 8. The van der Waals surface area contributed by atoms with Crippen molar-refractivity contribution >= 4 is 5.91 Å². The number of ether oxygens (including phenoxy) is 2. The molecule has 0 saturated heterocycles. The van der Waals surface area contributed by atoms with Crippen molar-refractivity contribution in [3.63, 3.8) is 0 Å². The van der Waals surface area contributed by atoms with Gasteiger partial charge >= 0.3 is 6.61 Å². The van der Waals surface area contributed by atoms with E-state index < -0.39 is 6.61 Å². The van der Waals surface area contributed by atoms with Crippen molar-refractivity contribution in [1.29, 1.82) is 0 Å². The second kappa shape index (κ2) is 8.53. The lowest BCUT2D eigenvalue weighted by Gasteiger charge is -2.18. The van der Waals surface area contributed by atoms with Crippen LogP contribution in [0.25, 0.3) is 0 Å². The maximum Gasteiger partial charge on any atom is 0.387 e. The van der Waals surface area contributed by atoms with Crippen molar-refractivity contribution in [3.8, 4) is 5.75 Å². The molecule has 0 fully saturated rings. The molecule has 0 aromatic heterocycles. The van der Waals surface area contributed by atoms with Crippen molar-refractivity contribution < 1.29 is 23.0 Å². The molecule has 0 aliphatic carbocycles. The number of methoxy groups -OCH3 is 1. The number of nitrogens with two attached hydrogens (primary N) is 1. The predicted molar refractivity (Wildman–Crippen MR) is 74.1 cm³/mol. The summed E-state index contributed by atoms with van der Waals surface area (Å²) in [7, 11) is 1.49. The van der Waals surface area contributed by atoms with Gasteiger partial charge in [0.2, 0.25) is 5.91 Å². The highest BCUT2D eigenvalue weighted by atomic mass is 19.3. The van der Waals surface area contributed by atoms with Crippen LogP contribution in [-0.2, 0) is 9.53 Å². The Labute approximate surface area is 122 Å². The highest BCUT2D eigenvalue weighted by Gasteiger charge is 2.15. The summed E-state index contributed by atoms with van der Waals surface area (Å²) in [5.41, 5.74) is 6.12. The van der Waals surface area contributed by atoms with Crippen LogP contribution in [0.4, 0.5) is 8.78 Å². The Morgan fingerprint density at radius 3 is 2.71 bits per heavy atom. The molecule has 1 rings (SSSR count). The molecule has 0 saturated carbocycles. The fourth-order valence-corrected chi connectivity index (χ4v) is 1.81. The first-order valence-corrected chi connectivity index (χ1v) is 6.53. The molecule has 0 heterocycles. The lowest BCUT2D eigenvalue weighted by atomic mass is 10.1. The lowest BCUT2D eigenvalue weighted by Crippen LogP contribution is -2.33. The summed E-state index contributed by atoms with van der Waals surface area (Å²) in [6.45, 7) is -0.878. The highest BCUT2D eigenvalue weighted by molar-refractivity contribution is 5.77. The van der Waals surface area contributed by atoms with Crippen LogP contribution < -0.4 is 15.8 Å². The van der Waals surface area contributed by atoms with Crippen LogP contribution in [0.1, 0.15) is 24.9 Å². The van der Waals surface area contributed by atoms with Crippen LogP contribution in [0.15, 0.2) is 24.3 Å². The number of hydrogen-bond acceptors (Lipinski definition) is 4. The fourth-order valence-electron chi connectivity index (χ4n) is 1.81. The minimum absolute atomic E-state index is 0.0559. The number of hydrogen-bond donors (Lipinski definition) is 2. The number of carbonyl (C=O) groups excluding carboxylic acids is 1. The summed E-state index contributed by atoms with van der Waals surface area (Å²) in [6.07, 6.45) is -0.199. The Balaban J connectivity index is 2.62. The SMILES string of the molecule is COC(CN)CC(=O)NC(C)c1cccc(OC(F)F)c1. The van der Waals surface area contributed by atoms with Crippen LogP contribution in [0, 0.1) is 0 Å². The van der Waals surface area contributed by atoms with Crippen molar-refractivity contribution in [2.24, 2.45) is 5.73 Å².